The third-order valence-corrected chi connectivity index (χ3v) is 3.41. The van der Waals surface area contributed by atoms with Crippen LogP contribution < -0.4 is 0 Å². The molecular weight excluding hydrogens is 228 g/mol. The second-order valence-corrected chi connectivity index (χ2v) is 4.56. The van der Waals surface area contributed by atoms with Gasteiger partial charge >= 0.3 is 10.8 Å². The first kappa shape index (κ1) is 10.2. The Labute approximate surface area is 104 Å². The summed E-state index contributed by atoms with van der Waals surface area (Å²) in [7, 11) is 0. The predicted molar refractivity (Wildman–Crippen MR) is 71.9 cm³/mol. The van der Waals surface area contributed by atoms with Gasteiger partial charge in [0.25, 0.3) is 0 Å². The standard InChI is InChI=1S/C15H11OS/c1-3-7-12(8-4-1)14-11-17-15(16-14)13-9-5-2-6-10-13/h1-11H/q+1. The Morgan fingerprint density at radius 3 is 1.94 bits per heavy atom. The predicted octanol–water partition coefficient (Wildman–Crippen LogP) is 4.96. The maximum atomic E-state index is 5.87. The van der Waals surface area contributed by atoms with Gasteiger partial charge in [-0.2, -0.15) is 4.42 Å². The molecule has 2 heteroatoms. The summed E-state index contributed by atoms with van der Waals surface area (Å²) in [6.07, 6.45) is 0. The zero-order valence-electron chi connectivity index (χ0n) is 9.17. The second kappa shape index (κ2) is 4.52. The summed E-state index contributed by atoms with van der Waals surface area (Å²) < 4.78 is 5.87. The zero-order chi connectivity index (χ0) is 11.5. The minimum Gasteiger partial charge on any atom is -0.195 e. The van der Waals surface area contributed by atoms with Crippen molar-refractivity contribution in [3.05, 3.63) is 66.0 Å². The van der Waals surface area contributed by atoms with E-state index in [0.29, 0.717) is 0 Å². The van der Waals surface area contributed by atoms with Crippen LogP contribution in [0.25, 0.3) is 22.0 Å². The third kappa shape index (κ3) is 2.12. The van der Waals surface area contributed by atoms with E-state index in [4.69, 9.17) is 4.42 Å². The molecule has 2 aromatic carbocycles. The average molecular weight is 239 g/mol. The van der Waals surface area contributed by atoms with Gasteiger partial charge in [-0.1, -0.05) is 36.4 Å². The monoisotopic (exact) mass is 239 g/mol. The first-order valence-electron chi connectivity index (χ1n) is 5.46. The molecule has 0 atom stereocenters. The van der Waals surface area contributed by atoms with E-state index < -0.39 is 0 Å². The Hall–Kier alpha value is -1.93. The van der Waals surface area contributed by atoms with Crippen molar-refractivity contribution in [3.63, 3.8) is 0 Å². The van der Waals surface area contributed by atoms with Crippen LogP contribution in [0.4, 0.5) is 0 Å². The van der Waals surface area contributed by atoms with Crippen LogP contribution in [-0.2, 0) is 0 Å². The molecule has 0 aliphatic carbocycles. The van der Waals surface area contributed by atoms with Crippen LogP contribution in [0.2, 0.25) is 0 Å². The average Bonchev–Trinajstić information content (AvgIpc) is 2.90. The second-order valence-electron chi connectivity index (χ2n) is 3.72. The Morgan fingerprint density at radius 1 is 0.706 bits per heavy atom. The number of hydrogen-bond donors (Lipinski definition) is 0. The first-order valence-corrected chi connectivity index (χ1v) is 6.34. The fraction of sp³-hybridized carbons (Fsp3) is 0. The molecule has 0 saturated carbocycles. The third-order valence-electron chi connectivity index (χ3n) is 2.54. The summed E-state index contributed by atoms with van der Waals surface area (Å²) in [4.78, 5) is 0. The summed E-state index contributed by atoms with van der Waals surface area (Å²) in [5.41, 5.74) is 2.24. The molecule has 0 saturated heterocycles. The molecule has 0 bridgehead atoms. The number of hydrogen-bond acceptors (Lipinski definition) is 1. The van der Waals surface area contributed by atoms with Gasteiger partial charge in [0.1, 0.15) is 5.38 Å². The molecule has 0 radical (unpaired) electrons. The molecule has 1 aromatic heterocycles. The molecule has 0 aliphatic rings. The molecule has 0 amide bonds. The van der Waals surface area contributed by atoms with E-state index in [1.165, 1.54) is 0 Å². The van der Waals surface area contributed by atoms with Gasteiger partial charge in [-0.3, -0.25) is 0 Å². The summed E-state index contributed by atoms with van der Waals surface area (Å²) in [6, 6.07) is 20.3. The molecule has 17 heavy (non-hydrogen) atoms. The Kier molecular flexibility index (Phi) is 2.72. The number of benzene rings is 2. The lowest BCUT2D eigenvalue weighted by Crippen LogP contribution is -1.71. The topological polar surface area (TPSA) is 11.3 Å². The lowest BCUT2D eigenvalue weighted by molar-refractivity contribution is 0.602. The van der Waals surface area contributed by atoms with Gasteiger partial charge in [-0.15, -0.1) is 0 Å². The van der Waals surface area contributed by atoms with Gasteiger partial charge in [0.2, 0.25) is 0 Å². The van der Waals surface area contributed by atoms with E-state index in [0.717, 1.165) is 22.0 Å². The zero-order valence-corrected chi connectivity index (χ0v) is 9.98. The van der Waals surface area contributed by atoms with Crippen LogP contribution in [-0.4, -0.2) is 0 Å². The molecule has 0 aliphatic heterocycles. The van der Waals surface area contributed by atoms with Crippen molar-refractivity contribution in [3.8, 4) is 22.0 Å². The van der Waals surface area contributed by atoms with E-state index >= 15 is 0 Å². The van der Waals surface area contributed by atoms with E-state index in [1.807, 2.05) is 36.4 Å². The van der Waals surface area contributed by atoms with E-state index in [-0.39, 0.29) is 0 Å². The van der Waals surface area contributed by atoms with Crippen molar-refractivity contribution in [2.24, 2.45) is 0 Å². The quantitative estimate of drug-likeness (QED) is 0.575. The molecule has 1 heterocycles. The van der Waals surface area contributed by atoms with Crippen LogP contribution in [0, 0.1) is 0 Å². The van der Waals surface area contributed by atoms with Gasteiger partial charge in [0.15, 0.2) is 0 Å². The number of rotatable bonds is 2. The Bertz CT molecular complexity index is 545. The van der Waals surface area contributed by atoms with E-state index in [1.54, 1.807) is 11.3 Å². The van der Waals surface area contributed by atoms with Gasteiger partial charge in [-0.05, 0) is 35.6 Å². The highest BCUT2D eigenvalue weighted by atomic mass is 32.1. The van der Waals surface area contributed by atoms with Gasteiger partial charge < -0.3 is 0 Å². The summed E-state index contributed by atoms with van der Waals surface area (Å²) in [5.74, 6) is 0.925. The van der Waals surface area contributed by atoms with Gasteiger partial charge in [0, 0.05) is 0 Å². The van der Waals surface area contributed by atoms with Crippen LogP contribution in [0.1, 0.15) is 0 Å². The minimum absolute atomic E-state index is 0.925. The molecule has 0 unspecified atom stereocenters. The van der Waals surface area contributed by atoms with Gasteiger partial charge in [-0.25, -0.2) is 0 Å². The first-order chi connectivity index (χ1) is 8.43. The van der Waals surface area contributed by atoms with Crippen molar-refractivity contribution in [2.75, 3.05) is 0 Å². The molecule has 1 nitrogen and oxygen atoms in total. The fourth-order valence-electron chi connectivity index (χ4n) is 1.69. The minimum atomic E-state index is 0.925. The summed E-state index contributed by atoms with van der Waals surface area (Å²) >= 11 is 1.63. The van der Waals surface area contributed by atoms with Crippen molar-refractivity contribution < 1.29 is 4.42 Å². The van der Waals surface area contributed by atoms with Crippen molar-refractivity contribution in [1.29, 1.82) is 0 Å². The molecule has 0 spiro atoms. The highest BCUT2D eigenvalue weighted by molar-refractivity contribution is 7.13. The molecular formula is C15H11OS+. The lowest BCUT2D eigenvalue weighted by Gasteiger charge is -1.86. The Balaban J connectivity index is 1.99. The van der Waals surface area contributed by atoms with Crippen LogP contribution in [0.5, 0.6) is 0 Å². The molecule has 82 valence electrons. The normalized spacial score (nSPS) is 10.4. The highest BCUT2D eigenvalue weighted by Crippen LogP contribution is 2.32. The van der Waals surface area contributed by atoms with Crippen molar-refractivity contribution >= 4 is 11.3 Å². The molecule has 3 aromatic rings. The SMILES string of the molecule is c1ccc(-c2csc(-c3ccccc3)[o+]2)cc1. The van der Waals surface area contributed by atoms with Crippen molar-refractivity contribution in [2.45, 2.75) is 0 Å². The highest BCUT2D eigenvalue weighted by Gasteiger charge is 2.19. The largest absolute Gasteiger partial charge is 0.417 e. The maximum absolute atomic E-state index is 5.87. The summed E-state index contributed by atoms with van der Waals surface area (Å²) in [5, 5.41) is 3.00. The molecule has 3 rings (SSSR count). The summed E-state index contributed by atoms with van der Waals surface area (Å²) in [6.45, 7) is 0. The van der Waals surface area contributed by atoms with E-state index in [2.05, 4.69) is 29.6 Å². The van der Waals surface area contributed by atoms with Crippen LogP contribution >= 0.6 is 11.3 Å². The fourth-order valence-corrected chi connectivity index (χ4v) is 2.49. The Morgan fingerprint density at radius 2 is 1.29 bits per heavy atom. The van der Waals surface area contributed by atoms with Crippen LogP contribution in [0.15, 0.2) is 70.5 Å². The molecule has 0 fully saturated rings. The van der Waals surface area contributed by atoms with Crippen molar-refractivity contribution in [1.82, 2.24) is 0 Å². The maximum Gasteiger partial charge on any atom is 0.417 e. The lowest BCUT2D eigenvalue weighted by atomic mass is 10.2. The smallest absolute Gasteiger partial charge is 0.195 e. The molecule has 0 N–H and O–H groups in total. The van der Waals surface area contributed by atoms with Crippen LogP contribution in [0.3, 0.4) is 0 Å². The van der Waals surface area contributed by atoms with Gasteiger partial charge in [0.05, 0.1) is 11.1 Å². The van der Waals surface area contributed by atoms with E-state index in [9.17, 15) is 0 Å².